The molecule has 2 rings (SSSR count). The van der Waals surface area contributed by atoms with Crippen LogP contribution in [-0.4, -0.2) is 22.5 Å². The van der Waals surface area contributed by atoms with Gasteiger partial charge in [0.2, 0.25) is 0 Å². The van der Waals surface area contributed by atoms with Crippen molar-refractivity contribution in [1.82, 2.24) is 9.97 Å². The maximum Gasteiger partial charge on any atom is 0.312 e. The van der Waals surface area contributed by atoms with Gasteiger partial charge < -0.3 is 4.74 Å². The second-order valence-corrected chi connectivity index (χ2v) is 4.44. The van der Waals surface area contributed by atoms with Crippen LogP contribution >= 0.6 is 11.3 Å². The Kier molecular flexibility index (Phi) is 3.99. The number of carbonyl (C=O) groups is 1. The normalized spacial score (nSPS) is 10.3. The first-order valence-corrected chi connectivity index (χ1v) is 6.28. The predicted molar refractivity (Wildman–Crippen MR) is 65.6 cm³/mol. The fourth-order valence-electron chi connectivity index (χ4n) is 1.41. The molecule has 2 aromatic heterocycles. The zero-order chi connectivity index (χ0) is 13.0. The van der Waals surface area contributed by atoms with Crippen LogP contribution in [0.15, 0.2) is 23.8 Å². The Balaban J connectivity index is 2.13. The molecular formula is C12H11FN2O2S. The van der Waals surface area contributed by atoms with Crippen molar-refractivity contribution in [3.8, 4) is 11.3 Å². The second-order valence-electron chi connectivity index (χ2n) is 3.50. The van der Waals surface area contributed by atoms with Gasteiger partial charge in [-0.15, -0.1) is 11.3 Å². The molecule has 0 radical (unpaired) electrons. The van der Waals surface area contributed by atoms with E-state index in [1.165, 1.54) is 23.6 Å². The molecule has 0 saturated carbocycles. The highest BCUT2D eigenvalue weighted by molar-refractivity contribution is 7.10. The molecule has 0 amide bonds. The third-order valence-corrected chi connectivity index (χ3v) is 3.00. The molecule has 0 bridgehead atoms. The van der Waals surface area contributed by atoms with Gasteiger partial charge in [0, 0.05) is 17.1 Å². The van der Waals surface area contributed by atoms with Crippen molar-refractivity contribution in [2.24, 2.45) is 0 Å². The van der Waals surface area contributed by atoms with Crippen LogP contribution in [0.2, 0.25) is 0 Å². The molecule has 0 fully saturated rings. The first-order valence-electron chi connectivity index (χ1n) is 5.40. The fourth-order valence-corrected chi connectivity index (χ4v) is 2.20. The maximum absolute atomic E-state index is 13.0. The lowest BCUT2D eigenvalue weighted by Crippen LogP contribution is -2.07. The van der Waals surface area contributed by atoms with Crippen LogP contribution in [0.4, 0.5) is 4.39 Å². The van der Waals surface area contributed by atoms with Crippen LogP contribution < -0.4 is 0 Å². The van der Waals surface area contributed by atoms with E-state index in [-0.39, 0.29) is 12.4 Å². The van der Waals surface area contributed by atoms with Gasteiger partial charge in [0.1, 0.15) is 10.8 Å². The highest BCUT2D eigenvalue weighted by Gasteiger charge is 2.10. The standard InChI is InChI=1S/C12H11FN2O2S/c1-2-17-12(16)4-11-15-10(7-18-11)8-3-9(13)6-14-5-8/h3,5-7H,2,4H2,1H3. The van der Waals surface area contributed by atoms with Gasteiger partial charge in [0.25, 0.3) is 0 Å². The molecule has 0 aromatic carbocycles. The largest absolute Gasteiger partial charge is 0.466 e. The minimum absolute atomic E-state index is 0.140. The van der Waals surface area contributed by atoms with Gasteiger partial charge in [-0.05, 0) is 13.0 Å². The molecular weight excluding hydrogens is 255 g/mol. The number of esters is 1. The maximum atomic E-state index is 13.0. The summed E-state index contributed by atoms with van der Waals surface area (Å²) in [7, 11) is 0. The summed E-state index contributed by atoms with van der Waals surface area (Å²) in [5.41, 5.74) is 1.22. The van der Waals surface area contributed by atoms with E-state index >= 15 is 0 Å². The zero-order valence-corrected chi connectivity index (χ0v) is 10.5. The highest BCUT2D eigenvalue weighted by Crippen LogP contribution is 2.22. The SMILES string of the molecule is CCOC(=O)Cc1nc(-c2cncc(F)c2)cs1. The number of hydrogen-bond donors (Lipinski definition) is 0. The number of halogens is 1. The molecule has 0 N–H and O–H groups in total. The summed E-state index contributed by atoms with van der Waals surface area (Å²) in [4.78, 5) is 19.3. The Labute approximate surface area is 107 Å². The topological polar surface area (TPSA) is 52.1 Å². The number of rotatable bonds is 4. The first-order chi connectivity index (χ1) is 8.69. The lowest BCUT2D eigenvalue weighted by atomic mass is 10.2. The van der Waals surface area contributed by atoms with Crippen LogP contribution in [0.5, 0.6) is 0 Å². The molecule has 94 valence electrons. The molecule has 0 unspecified atom stereocenters. The Morgan fingerprint density at radius 1 is 1.50 bits per heavy atom. The van der Waals surface area contributed by atoms with Gasteiger partial charge in [-0.25, -0.2) is 9.37 Å². The Bertz CT molecular complexity index is 557. The van der Waals surface area contributed by atoms with E-state index < -0.39 is 5.82 Å². The molecule has 0 atom stereocenters. The van der Waals surface area contributed by atoms with Crippen LogP contribution in [-0.2, 0) is 16.0 Å². The minimum atomic E-state index is -0.410. The van der Waals surface area contributed by atoms with E-state index in [1.807, 2.05) is 0 Å². The smallest absolute Gasteiger partial charge is 0.312 e. The van der Waals surface area contributed by atoms with Crippen molar-refractivity contribution in [2.45, 2.75) is 13.3 Å². The fraction of sp³-hybridized carbons (Fsp3) is 0.250. The summed E-state index contributed by atoms with van der Waals surface area (Å²) in [5.74, 6) is -0.719. The van der Waals surface area contributed by atoms with Gasteiger partial charge in [-0.1, -0.05) is 0 Å². The molecule has 2 aromatic rings. The number of carbonyl (C=O) groups excluding carboxylic acids is 1. The Morgan fingerprint density at radius 3 is 3.06 bits per heavy atom. The molecule has 0 aliphatic heterocycles. The molecule has 2 heterocycles. The third kappa shape index (κ3) is 3.10. The van der Waals surface area contributed by atoms with Gasteiger partial charge in [0.15, 0.2) is 0 Å². The van der Waals surface area contributed by atoms with Crippen molar-refractivity contribution < 1.29 is 13.9 Å². The van der Waals surface area contributed by atoms with Crippen LogP contribution in [0.1, 0.15) is 11.9 Å². The summed E-state index contributed by atoms with van der Waals surface area (Å²) in [6.45, 7) is 2.11. The van der Waals surface area contributed by atoms with E-state index in [0.717, 1.165) is 6.20 Å². The zero-order valence-electron chi connectivity index (χ0n) is 9.72. The average molecular weight is 266 g/mol. The van der Waals surface area contributed by atoms with Crippen LogP contribution in [0, 0.1) is 5.82 Å². The van der Waals surface area contributed by atoms with Crippen LogP contribution in [0.25, 0.3) is 11.3 Å². The summed E-state index contributed by atoms with van der Waals surface area (Å²) >= 11 is 1.34. The Hall–Kier alpha value is -1.82. The average Bonchev–Trinajstić information content (AvgIpc) is 2.78. The van der Waals surface area contributed by atoms with Gasteiger partial charge >= 0.3 is 5.97 Å². The molecule has 0 aliphatic carbocycles. The van der Waals surface area contributed by atoms with Crippen LogP contribution in [0.3, 0.4) is 0 Å². The van der Waals surface area contributed by atoms with Gasteiger partial charge in [-0.2, -0.15) is 0 Å². The number of pyridine rings is 1. The lowest BCUT2D eigenvalue weighted by Gasteiger charge is -1.98. The van der Waals surface area contributed by atoms with Gasteiger partial charge in [0.05, 0.1) is 24.9 Å². The Morgan fingerprint density at radius 2 is 2.33 bits per heavy atom. The summed E-state index contributed by atoms with van der Waals surface area (Å²) in [6.07, 6.45) is 2.81. The number of hydrogen-bond acceptors (Lipinski definition) is 5. The molecule has 4 nitrogen and oxygen atoms in total. The van der Waals surface area contributed by atoms with Crippen molar-refractivity contribution in [1.29, 1.82) is 0 Å². The molecule has 18 heavy (non-hydrogen) atoms. The second kappa shape index (κ2) is 5.68. The van der Waals surface area contributed by atoms with Crippen molar-refractivity contribution in [3.05, 3.63) is 34.7 Å². The van der Waals surface area contributed by atoms with Crippen molar-refractivity contribution in [2.75, 3.05) is 6.61 Å². The minimum Gasteiger partial charge on any atom is -0.466 e. The molecule has 6 heteroatoms. The summed E-state index contributed by atoms with van der Waals surface area (Å²) < 4.78 is 17.8. The highest BCUT2D eigenvalue weighted by atomic mass is 32.1. The van der Waals surface area contributed by atoms with Gasteiger partial charge in [-0.3, -0.25) is 9.78 Å². The summed E-state index contributed by atoms with van der Waals surface area (Å²) in [5, 5.41) is 2.41. The number of aromatic nitrogens is 2. The van der Waals surface area contributed by atoms with Crippen molar-refractivity contribution >= 4 is 17.3 Å². The summed E-state index contributed by atoms with van der Waals surface area (Å²) in [6, 6.07) is 1.36. The van der Waals surface area contributed by atoms with E-state index in [1.54, 1.807) is 12.3 Å². The number of ether oxygens (including phenoxy) is 1. The monoisotopic (exact) mass is 266 g/mol. The third-order valence-electron chi connectivity index (χ3n) is 2.15. The number of nitrogens with zero attached hydrogens (tertiary/aromatic N) is 2. The first kappa shape index (κ1) is 12.6. The molecule has 0 spiro atoms. The van der Waals surface area contributed by atoms with E-state index in [0.29, 0.717) is 22.9 Å². The number of thiazole rings is 1. The lowest BCUT2D eigenvalue weighted by molar-refractivity contribution is -0.142. The van der Waals surface area contributed by atoms with E-state index in [2.05, 4.69) is 9.97 Å². The molecule has 0 aliphatic rings. The predicted octanol–water partition coefficient (Wildman–Crippen LogP) is 2.45. The van der Waals surface area contributed by atoms with Crippen molar-refractivity contribution in [3.63, 3.8) is 0 Å². The molecule has 0 saturated heterocycles. The van der Waals surface area contributed by atoms with E-state index in [9.17, 15) is 9.18 Å². The quantitative estimate of drug-likeness (QED) is 0.798. The van der Waals surface area contributed by atoms with E-state index in [4.69, 9.17) is 4.74 Å².